The Morgan fingerprint density at radius 3 is 1.04 bits per heavy atom. The lowest BCUT2D eigenvalue weighted by atomic mass is 10.1. The fourth-order valence-electron chi connectivity index (χ4n) is 7.88. The average molecular weight is 1960 g/mol. The third-order valence-corrected chi connectivity index (χ3v) is 28.7. The Kier molecular flexibility index (Phi) is 63.7. The lowest BCUT2D eigenvalue weighted by Gasteiger charge is -2.21. The summed E-state index contributed by atoms with van der Waals surface area (Å²) < 4.78 is 222. The fraction of sp³-hybridized carbons (Fsp3) is 0.407. The smallest absolute Gasteiger partial charge is 0.337 e. The van der Waals surface area contributed by atoms with E-state index in [2.05, 4.69) is 18.1 Å². The number of hydrogen-bond acceptors (Lipinski definition) is 36. The number of esters is 1. The summed E-state index contributed by atoms with van der Waals surface area (Å²) in [5.74, 6) is 3.64. The fourth-order valence-corrected chi connectivity index (χ4v) is 15.4. The summed E-state index contributed by atoms with van der Waals surface area (Å²) in [6.45, 7) is 11.2. The van der Waals surface area contributed by atoms with Crippen LogP contribution in [0.2, 0.25) is 12.6 Å². The van der Waals surface area contributed by atoms with Crippen molar-refractivity contribution in [1.29, 1.82) is 0 Å². The van der Waals surface area contributed by atoms with Crippen molar-refractivity contribution in [3.05, 3.63) is 199 Å². The maximum absolute atomic E-state index is 11.1. The normalized spacial score (nSPS) is 11.0. The second-order valence-corrected chi connectivity index (χ2v) is 46.7. The number of hydrogen-bond donors (Lipinski definition) is 5. The molecule has 0 amide bonds. The summed E-state index contributed by atoms with van der Waals surface area (Å²) in [6, 6.07) is 46.0. The van der Waals surface area contributed by atoms with Gasteiger partial charge in [0, 0.05) is 81.8 Å². The van der Waals surface area contributed by atoms with Crippen molar-refractivity contribution in [2.45, 2.75) is 107 Å². The summed E-state index contributed by atoms with van der Waals surface area (Å²) in [5, 5.41) is 1.75. The first-order valence-electron chi connectivity index (χ1n) is 37.3. The number of nitrogen functional groups attached to an aromatic ring is 1. The maximum atomic E-state index is 11.1. The molecular weight excluding hydrogens is 1840 g/mol. The Hall–Kier alpha value is -8.72. The van der Waals surface area contributed by atoms with Crippen LogP contribution in [0, 0.1) is 0 Å². The summed E-state index contributed by atoms with van der Waals surface area (Å²) in [4.78, 5) is 36.9. The van der Waals surface area contributed by atoms with Crippen LogP contribution < -0.4 is 52.4 Å². The molecule has 45 heteroatoms. The van der Waals surface area contributed by atoms with Gasteiger partial charge >= 0.3 is 14.5 Å². The monoisotopic (exact) mass is 1960 g/mol. The van der Waals surface area contributed by atoms with Gasteiger partial charge in [0.15, 0.2) is 55.0 Å². The van der Waals surface area contributed by atoms with Gasteiger partial charge in [0.2, 0.25) is 0 Å². The molecule has 0 aliphatic carbocycles. The van der Waals surface area contributed by atoms with Crippen LogP contribution in [0.15, 0.2) is 216 Å². The van der Waals surface area contributed by atoms with Crippen molar-refractivity contribution in [2.24, 2.45) is 22.9 Å². The Labute approximate surface area is 751 Å². The Bertz CT molecular complexity index is 5310. The van der Waals surface area contributed by atoms with Gasteiger partial charge < -0.3 is 70.7 Å². The molecule has 0 saturated heterocycles. The number of methoxy groups -OCH3 is 5. The van der Waals surface area contributed by atoms with E-state index in [1.165, 1.54) is 119 Å². The predicted octanol–water partition coefficient (Wildman–Crippen LogP) is 9.40. The van der Waals surface area contributed by atoms with E-state index in [0.717, 1.165) is 57.4 Å². The quantitative estimate of drug-likeness (QED) is 0.00919. The molecule has 2 heterocycles. The van der Waals surface area contributed by atoms with E-state index < -0.39 is 87.8 Å². The number of rotatable bonds is 30. The molecule has 0 unspecified atom stereocenters. The minimum absolute atomic E-state index is 0.0139. The number of ketones is 2. The van der Waals surface area contributed by atoms with Crippen LogP contribution >= 0.6 is 11.3 Å². The molecule has 0 aliphatic rings. The van der Waals surface area contributed by atoms with Gasteiger partial charge in [0.05, 0.1) is 97.4 Å². The zero-order valence-corrected chi connectivity index (χ0v) is 83.2. The van der Waals surface area contributed by atoms with Crippen molar-refractivity contribution in [1.82, 2.24) is 4.98 Å². The van der Waals surface area contributed by atoms with Crippen LogP contribution in [0.4, 0.5) is 5.69 Å². The van der Waals surface area contributed by atoms with Crippen LogP contribution in [0.1, 0.15) is 80.5 Å². The SMILES string of the molecule is CC(=O)CCCN.CC(C)Oc1ccc(S(C)(=O)=O)cc1.COC(=O)c1ccc(OC)cc1.COS(=O)(=O)CCCN.CO[Si](C)(CCCN)OC.COc1ccc(C(C)=O)cc1.COc1ccc(S(=O)(=O)OC)cc1.COc1ccc(S(C)(=O)=O)cc1.CS(=O)(=O)CCCN.CS(=O)(=O)c1ccc(N)cc1.CS(=O)(=O)c1cccnc1.CS(=O)(=O)c1cccs1. The van der Waals surface area contributed by atoms with Crippen LogP contribution in [0.5, 0.6) is 28.7 Å². The van der Waals surface area contributed by atoms with Crippen molar-refractivity contribution in [2.75, 3.05) is 145 Å². The molecule has 0 atom stereocenters. The van der Waals surface area contributed by atoms with Crippen molar-refractivity contribution in [3.8, 4) is 28.7 Å². The first-order valence-corrected chi connectivity index (χ1v) is 55.2. The topological polar surface area (TPSA) is 560 Å². The lowest BCUT2D eigenvalue weighted by Crippen LogP contribution is -2.36. The first kappa shape index (κ1) is 124. The second-order valence-electron chi connectivity index (χ2n) is 26.0. The molecule has 0 aliphatic heterocycles. The maximum Gasteiger partial charge on any atom is 0.337 e. The van der Waals surface area contributed by atoms with E-state index in [1.54, 1.807) is 175 Å². The highest BCUT2D eigenvalue weighted by atomic mass is 32.2. The molecule has 126 heavy (non-hydrogen) atoms. The molecule has 0 bridgehead atoms. The van der Waals surface area contributed by atoms with Gasteiger partial charge in [0.25, 0.3) is 20.2 Å². The molecular formula is C81H126N6O29S9Si. The molecule has 35 nitrogen and oxygen atoms in total. The van der Waals surface area contributed by atoms with Gasteiger partial charge in [-0.05, 0) is 261 Å². The van der Waals surface area contributed by atoms with Crippen molar-refractivity contribution in [3.63, 3.8) is 0 Å². The number of thiophene rings is 1. The highest BCUT2D eigenvalue weighted by Crippen LogP contribution is 2.21. The molecule has 0 spiro atoms. The highest BCUT2D eigenvalue weighted by Gasteiger charge is 2.27. The third-order valence-electron chi connectivity index (χ3n) is 14.9. The van der Waals surface area contributed by atoms with E-state index in [4.69, 9.17) is 61.2 Å². The number of pyridine rings is 1. The van der Waals surface area contributed by atoms with E-state index >= 15 is 0 Å². The summed E-state index contributed by atoms with van der Waals surface area (Å²) in [7, 11) is -13.4. The van der Waals surface area contributed by atoms with Gasteiger partial charge in [-0.25, -0.2) is 55.3 Å². The Morgan fingerprint density at radius 1 is 0.421 bits per heavy atom. The second kappa shape index (κ2) is 64.9. The summed E-state index contributed by atoms with van der Waals surface area (Å²) >= 11 is 1.24. The van der Waals surface area contributed by atoms with Crippen molar-refractivity contribution < 1.29 is 127 Å². The number of sulfone groups is 6. The number of carbonyl (C=O) groups is 3. The molecule has 2 aromatic heterocycles. The number of nitrogens with two attached hydrogens (primary N) is 5. The van der Waals surface area contributed by atoms with Gasteiger partial charge in [0.1, 0.15) is 48.6 Å². The van der Waals surface area contributed by atoms with E-state index in [0.29, 0.717) is 91.9 Å². The molecule has 0 fully saturated rings. The molecule has 6 aromatic carbocycles. The number of benzene rings is 6. The average Bonchev–Trinajstić information content (AvgIpc) is 1.12. The van der Waals surface area contributed by atoms with Crippen molar-refractivity contribution >= 4 is 122 Å². The van der Waals surface area contributed by atoms with Crippen LogP contribution in [-0.2, 0) is 106 Å². The van der Waals surface area contributed by atoms with E-state index in [9.17, 15) is 81.7 Å². The van der Waals surface area contributed by atoms with Crippen LogP contribution in [-0.4, -0.2) is 244 Å². The zero-order chi connectivity index (χ0) is 97.8. The standard InChI is InChI=1S/C10H14O3S.C9H10O3.C9H10O2.C8H10O4S.C8H10O3S.C7H9NO2S.C6H7NO2S.C6H17NO2Si.C5H11NO.C5H6O2S2.C4H11NO3S.C4H11NO2S/c1-8(2)13-9-4-6-10(7-5-9)14(3,11)12;1-11-8-5-3-7(4-6-8)9(10)12-2;1-7(10)8-3-5-9(11-2)6-4-8;1-11-7-3-5-8(6-4-7)13(9,10)12-2;1-11-7-3-5-8(6-4-7)12(2,9)10;1-11(9,10)7-4-2-6(8)3-5-7;1-10(8,9)6-3-2-4-7-5-6;1-8-10(3,9-2)6-4-5-7;1-5(7)3-2-4-6;1-9(6,7)5-3-2-4-8-5;1-8-9(6,7)4-2-3-5;1-8(6,7)4-2-3-5/h4-8H,1-3H3;3-6H,1-2H3;3-6H,1-2H3;3-6H,1-2H3;3-6H,1-2H3;2-5H,8H2,1H3;2-5H,1H3;4-7H2,1-3H3;2-4,6H2,1H3;2-4H,1H3;2-5H2,1H3;2-5H2,1H3. The molecule has 0 saturated carbocycles. The number of ether oxygens (including phenoxy) is 6. The molecule has 0 radical (unpaired) electrons. The highest BCUT2D eigenvalue weighted by molar-refractivity contribution is 7.93. The van der Waals surface area contributed by atoms with E-state index in [-0.39, 0.29) is 44.9 Å². The Morgan fingerprint density at radius 2 is 0.786 bits per heavy atom. The molecule has 712 valence electrons. The van der Waals surface area contributed by atoms with Gasteiger partial charge in [-0.3, -0.25) is 18.1 Å². The number of anilines is 1. The third kappa shape index (κ3) is 62.4. The van der Waals surface area contributed by atoms with E-state index in [1.807, 2.05) is 20.4 Å². The number of Topliss-reactive ketones (excluding diaryl/α,β-unsaturated/α-hetero) is 2. The van der Waals surface area contributed by atoms with Gasteiger partial charge in [-0.15, -0.1) is 11.3 Å². The summed E-state index contributed by atoms with van der Waals surface area (Å²) in [5.41, 5.74) is 27.8. The summed E-state index contributed by atoms with van der Waals surface area (Å²) in [6.07, 6.45) is 13.5. The zero-order valence-electron chi connectivity index (χ0n) is 74.8. The van der Waals surface area contributed by atoms with Crippen LogP contribution in [0.3, 0.4) is 0 Å². The predicted molar refractivity (Wildman–Crippen MR) is 496 cm³/mol. The Balaban J connectivity index is -0.000000647. The van der Waals surface area contributed by atoms with Crippen LogP contribution in [0.25, 0.3) is 0 Å². The number of nitrogens with zero attached hydrogens (tertiary/aromatic N) is 1. The largest absolute Gasteiger partial charge is 0.497 e. The van der Waals surface area contributed by atoms with Gasteiger partial charge in [-0.2, -0.15) is 16.8 Å². The molecule has 8 rings (SSSR count). The minimum atomic E-state index is -3.58. The minimum Gasteiger partial charge on any atom is -0.497 e. The molecule has 10 N–H and O–H groups in total. The number of aromatic nitrogens is 1. The lowest BCUT2D eigenvalue weighted by molar-refractivity contribution is -0.117. The molecule has 8 aromatic rings. The van der Waals surface area contributed by atoms with Gasteiger partial charge in [-0.1, -0.05) is 6.07 Å². The number of carbonyl (C=O) groups excluding carboxylic acids is 3. The first-order chi connectivity index (χ1) is 58.4.